The molecule has 0 aromatic heterocycles. The zero-order valence-corrected chi connectivity index (χ0v) is 24.2. The molecule has 0 bridgehead atoms. The first-order valence-corrected chi connectivity index (χ1v) is 14.3. The summed E-state index contributed by atoms with van der Waals surface area (Å²) in [5.41, 5.74) is 2.21. The Bertz CT molecular complexity index is 1140. The van der Waals surface area contributed by atoms with Crippen LogP contribution in [0, 0.1) is 6.92 Å². The highest BCUT2D eigenvalue weighted by Crippen LogP contribution is 2.40. The van der Waals surface area contributed by atoms with Crippen LogP contribution < -0.4 is 9.47 Å². The van der Waals surface area contributed by atoms with E-state index in [2.05, 4.69) is 32.6 Å². The average molecular weight is 537 g/mol. The summed E-state index contributed by atoms with van der Waals surface area (Å²) in [5.74, 6) is 0.0566. The normalized spacial score (nSPS) is 16.8. The van der Waals surface area contributed by atoms with E-state index in [1.807, 2.05) is 43.3 Å². The Kier molecular flexibility index (Phi) is 11.4. The minimum Gasteiger partial charge on any atom is -0.507 e. The van der Waals surface area contributed by atoms with E-state index in [1.54, 1.807) is 11.0 Å². The fourth-order valence-corrected chi connectivity index (χ4v) is 4.77. The minimum absolute atomic E-state index is 0.109. The zero-order valence-electron chi connectivity index (χ0n) is 24.2. The molecule has 1 unspecified atom stereocenters. The van der Waals surface area contributed by atoms with E-state index in [9.17, 15) is 14.7 Å². The molecule has 212 valence electrons. The molecule has 0 aliphatic carbocycles. The SMILES string of the molecule is CCCCOc1ccc(C2C(=C(O)c3ccc(OCCCC)c(C)c3)C(=O)C(=O)N2CCN(CC)CC)cc1. The number of hydrogen-bond donors (Lipinski definition) is 1. The van der Waals surface area contributed by atoms with E-state index < -0.39 is 17.7 Å². The van der Waals surface area contributed by atoms with Gasteiger partial charge in [-0.2, -0.15) is 0 Å². The molecule has 1 saturated heterocycles. The number of amides is 1. The van der Waals surface area contributed by atoms with Gasteiger partial charge >= 0.3 is 0 Å². The van der Waals surface area contributed by atoms with Gasteiger partial charge in [-0.1, -0.05) is 52.7 Å². The Morgan fingerprint density at radius 3 is 2.15 bits per heavy atom. The summed E-state index contributed by atoms with van der Waals surface area (Å²) in [6.45, 7) is 14.3. The first-order valence-electron chi connectivity index (χ1n) is 14.3. The fourth-order valence-electron chi connectivity index (χ4n) is 4.77. The van der Waals surface area contributed by atoms with Gasteiger partial charge < -0.3 is 24.4 Å². The standard InChI is InChI=1S/C32H44N2O5/c1-6-10-20-38-26-15-12-24(13-16-26)29-28(31(36)32(37)34(29)19-18-33(8-3)9-4)30(35)25-14-17-27(23(5)22-25)39-21-11-7-2/h12-17,22,29,35H,6-11,18-21H2,1-5H3. The lowest BCUT2D eigenvalue weighted by Gasteiger charge is -2.28. The van der Waals surface area contributed by atoms with Gasteiger partial charge in [-0.15, -0.1) is 0 Å². The van der Waals surface area contributed by atoms with Gasteiger partial charge in [0.15, 0.2) is 0 Å². The predicted octanol–water partition coefficient (Wildman–Crippen LogP) is 6.12. The van der Waals surface area contributed by atoms with Crippen molar-refractivity contribution >= 4 is 17.4 Å². The number of Topliss-reactive ketones (excluding diaryl/α,β-unsaturated/α-hetero) is 1. The first kappa shape index (κ1) is 30.2. The Morgan fingerprint density at radius 2 is 1.56 bits per heavy atom. The van der Waals surface area contributed by atoms with Gasteiger partial charge in [0.05, 0.1) is 24.8 Å². The van der Waals surface area contributed by atoms with Crippen LogP contribution in [0.5, 0.6) is 11.5 Å². The van der Waals surface area contributed by atoms with E-state index in [-0.39, 0.29) is 11.3 Å². The van der Waals surface area contributed by atoms with Crippen molar-refractivity contribution in [1.29, 1.82) is 0 Å². The second-order valence-corrected chi connectivity index (χ2v) is 9.97. The molecule has 2 aromatic rings. The number of ether oxygens (including phenoxy) is 2. The third-order valence-electron chi connectivity index (χ3n) is 7.26. The summed E-state index contributed by atoms with van der Waals surface area (Å²) >= 11 is 0. The Morgan fingerprint density at radius 1 is 0.923 bits per heavy atom. The molecule has 7 heteroatoms. The molecule has 7 nitrogen and oxygen atoms in total. The van der Waals surface area contributed by atoms with Crippen molar-refractivity contribution in [3.8, 4) is 11.5 Å². The number of rotatable bonds is 15. The van der Waals surface area contributed by atoms with Crippen molar-refractivity contribution in [3.63, 3.8) is 0 Å². The summed E-state index contributed by atoms with van der Waals surface area (Å²) in [4.78, 5) is 30.5. The molecule has 1 heterocycles. The Hall–Kier alpha value is -3.32. The lowest BCUT2D eigenvalue weighted by Crippen LogP contribution is -2.38. The van der Waals surface area contributed by atoms with Crippen molar-refractivity contribution in [2.75, 3.05) is 39.4 Å². The van der Waals surface area contributed by atoms with Crippen molar-refractivity contribution in [1.82, 2.24) is 9.80 Å². The summed E-state index contributed by atoms with van der Waals surface area (Å²) < 4.78 is 11.7. The maximum atomic E-state index is 13.4. The van der Waals surface area contributed by atoms with Crippen LogP contribution in [0.25, 0.3) is 5.76 Å². The number of carbonyl (C=O) groups is 2. The number of ketones is 1. The number of aliphatic hydroxyl groups is 1. The van der Waals surface area contributed by atoms with Crippen LogP contribution >= 0.6 is 0 Å². The maximum Gasteiger partial charge on any atom is 0.295 e. The second kappa shape index (κ2) is 14.7. The van der Waals surface area contributed by atoms with E-state index in [0.717, 1.165) is 61.4 Å². The summed E-state index contributed by atoms with van der Waals surface area (Å²) in [5, 5.41) is 11.5. The fraction of sp³-hybridized carbons (Fsp3) is 0.500. The van der Waals surface area contributed by atoms with Crippen LogP contribution in [0.4, 0.5) is 0 Å². The van der Waals surface area contributed by atoms with E-state index in [1.165, 1.54) is 0 Å². The smallest absolute Gasteiger partial charge is 0.295 e. The molecule has 39 heavy (non-hydrogen) atoms. The van der Waals surface area contributed by atoms with Crippen molar-refractivity contribution in [2.45, 2.75) is 66.3 Å². The van der Waals surface area contributed by atoms with Crippen LogP contribution in [0.15, 0.2) is 48.0 Å². The molecular weight excluding hydrogens is 492 g/mol. The number of aliphatic hydroxyl groups excluding tert-OH is 1. The largest absolute Gasteiger partial charge is 0.507 e. The quantitative estimate of drug-likeness (QED) is 0.128. The van der Waals surface area contributed by atoms with E-state index in [0.29, 0.717) is 31.9 Å². The van der Waals surface area contributed by atoms with Crippen LogP contribution in [-0.4, -0.2) is 66.0 Å². The average Bonchev–Trinajstić information content (AvgIpc) is 3.19. The van der Waals surface area contributed by atoms with Gasteiger partial charge in [-0.3, -0.25) is 9.59 Å². The molecule has 1 aliphatic heterocycles. The highest BCUT2D eigenvalue weighted by molar-refractivity contribution is 6.46. The molecule has 1 aliphatic rings. The van der Waals surface area contributed by atoms with Crippen LogP contribution in [0.3, 0.4) is 0 Å². The maximum absolute atomic E-state index is 13.4. The van der Waals surface area contributed by atoms with Crippen molar-refractivity contribution in [3.05, 3.63) is 64.7 Å². The first-order chi connectivity index (χ1) is 18.9. The van der Waals surface area contributed by atoms with Crippen molar-refractivity contribution in [2.24, 2.45) is 0 Å². The van der Waals surface area contributed by atoms with Gasteiger partial charge in [-0.25, -0.2) is 0 Å². The Labute approximate surface area is 233 Å². The molecule has 0 radical (unpaired) electrons. The van der Waals surface area contributed by atoms with Gasteiger partial charge in [-0.05, 0) is 74.3 Å². The van der Waals surface area contributed by atoms with Gasteiger partial charge in [0.1, 0.15) is 17.3 Å². The molecule has 3 rings (SSSR count). The van der Waals surface area contributed by atoms with Gasteiger partial charge in [0.25, 0.3) is 11.7 Å². The number of likely N-dealkylation sites (tertiary alicyclic amines) is 1. The number of nitrogens with zero attached hydrogens (tertiary/aromatic N) is 2. The topological polar surface area (TPSA) is 79.3 Å². The molecule has 1 N–H and O–H groups in total. The summed E-state index contributed by atoms with van der Waals surface area (Å²) in [6.07, 6.45) is 4.01. The number of benzene rings is 2. The molecule has 2 aromatic carbocycles. The van der Waals surface area contributed by atoms with Crippen LogP contribution in [0.1, 0.15) is 76.1 Å². The van der Waals surface area contributed by atoms with Crippen LogP contribution in [-0.2, 0) is 9.59 Å². The molecule has 1 amide bonds. The molecule has 0 saturated carbocycles. The highest BCUT2D eigenvalue weighted by Gasteiger charge is 2.46. The third kappa shape index (κ3) is 7.41. The molecular formula is C32H44N2O5. The monoisotopic (exact) mass is 536 g/mol. The number of carbonyl (C=O) groups excluding carboxylic acids is 2. The lowest BCUT2D eigenvalue weighted by molar-refractivity contribution is -0.140. The second-order valence-electron chi connectivity index (χ2n) is 9.97. The van der Waals surface area contributed by atoms with Crippen molar-refractivity contribution < 1.29 is 24.2 Å². The summed E-state index contributed by atoms with van der Waals surface area (Å²) in [7, 11) is 0. The predicted molar refractivity (Wildman–Crippen MR) is 155 cm³/mol. The van der Waals surface area contributed by atoms with Gasteiger partial charge in [0.2, 0.25) is 0 Å². The minimum atomic E-state index is -0.689. The number of likely N-dealkylation sites (N-methyl/N-ethyl adjacent to an activating group) is 1. The zero-order chi connectivity index (χ0) is 28.4. The van der Waals surface area contributed by atoms with Crippen LogP contribution in [0.2, 0.25) is 0 Å². The Balaban J connectivity index is 2.00. The number of hydrogen-bond acceptors (Lipinski definition) is 6. The molecule has 1 atom stereocenters. The third-order valence-corrected chi connectivity index (χ3v) is 7.26. The summed E-state index contributed by atoms with van der Waals surface area (Å²) in [6, 6.07) is 12.2. The number of aryl methyl sites for hydroxylation is 1. The van der Waals surface area contributed by atoms with Gasteiger partial charge in [0, 0.05) is 18.7 Å². The highest BCUT2D eigenvalue weighted by atomic mass is 16.5. The number of unbranched alkanes of at least 4 members (excludes halogenated alkanes) is 2. The lowest BCUT2D eigenvalue weighted by atomic mass is 9.94. The molecule has 0 spiro atoms. The van der Waals surface area contributed by atoms with E-state index >= 15 is 0 Å². The molecule has 1 fully saturated rings. The van der Waals surface area contributed by atoms with E-state index in [4.69, 9.17) is 9.47 Å².